The second kappa shape index (κ2) is 7.47. The summed E-state index contributed by atoms with van der Waals surface area (Å²) >= 11 is 1.52. The minimum atomic E-state index is -0.00911. The molecular weight excluding hydrogens is 360 g/mol. The summed E-state index contributed by atoms with van der Waals surface area (Å²) in [6.45, 7) is 2.79. The number of hydrogen-bond donors (Lipinski definition) is 1. The number of nitrogens with one attached hydrogen (secondary N) is 1. The third kappa shape index (κ3) is 3.27. The molecule has 1 aliphatic heterocycles. The van der Waals surface area contributed by atoms with Crippen molar-refractivity contribution in [2.45, 2.75) is 62.5 Å². The predicted octanol–water partition coefficient (Wildman–Crippen LogP) is 3.93. The molecule has 2 aliphatic carbocycles. The molecule has 27 heavy (non-hydrogen) atoms. The normalized spacial score (nSPS) is 26.1. The van der Waals surface area contributed by atoms with Gasteiger partial charge in [0.25, 0.3) is 5.91 Å². The molecule has 2 atom stereocenters. The zero-order chi connectivity index (χ0) is 19.0. The van der Waals surface area contributed by atoms with Crippen LogP contribution in [-0.2, 0) is 9.53 Å². The molecule has 4 rings (SSSR count). The van der Waals surface area contributed by atoms with Crippen molar-refractivity contribution in [3.05, 3.63) is 23.8 Å². The zero-order valence-electron chi connectivity index (χ0n) is 16.1. The van der Waals surface area contributed by atoms with E-state index in [0.717, 1.165) is 36.5 Å². The van der Waals surface area contributed by atoms with Gasteiger partial charge in [-0.3, -0.25) is 9.59 Å². The van der Waals surface area contributed by atoms with Crippen LogP contribution < -0.4 is 5.32 Å². The molecule has 2 saturated carbocycles. The Balaban J connectivity index is 1.54. The summed E-state index contributed by atoms with van der Waals surface area (Å²) in [6.07, 6.45) is 7.24. The minimum Gasteiger partial charge on any atom is -0.378 e. The van der Waals surface area contributed by atoms with Gasteiger partial charge in [-0.05, 0) is 44.4 Å². The summed E-state index contributed by atoms with van der Waals surface area (Å²) in [5.41, 5.74) is 1.52. The Kier molecular flexibility index (Phi) is 5.21. The van der Waals surface area contributed by atoms with Crippen LogP contribution >= 0.6 is 11.8 Å². The van der Waals surface area contributed by atoms with Gasteiger partial charge in [0, 0.05) is 35.6 Å². The number of fused-ring (bicyclic) bond motifs is 1. The standard InChI is InChI=1S/C21H28N2O3S/c1-3-26-18-12-17(21(18)9-5-4-6-10-21)23(2)20(25)14-7-8-16-15(11-14)22-19(24)13-27-16/h7-8,11,17-18H,3-6,9-10,12-13H2,1-2H3,(H,22,24)/t17-,18+/m0/s1. The van der Waals surface area contributed by atoms with Gasteiger partial charge in [0.2, 0.25) is 5.91 Å². The second-order valence-corrected chi connectivity index (χ2v) is 8.97. The van der Waals surface area contributed by atoms with Crippen LogP contribution in [0.15, 0.2) is 23.1 Å². The third-order valence-electron chi connectivity index (χ3n) is 6.54. The van der Waals surface area contributed by atoms with E-state index in [1.165, 1.54) is 31.0 Å². The first-order valence-electron chi connectivity index (χ1n) is 10.0. The highest BCUT2D eigenvalue weighted by atomic mass is 32.2. The quantitative estimate of drug-likeness (QED) is 0.849. The minimum absolute atomic E-state index is 0.00911. The Labute approximate surface area is 165 Å². The molecule has 1 aromatic carbocycles. The number of ether oxygens (including phenoxy) is 1. The summed E-state index contributed by atoms with van der Waals surface area (Å²) in [6, 6.07) is 5.89. The number of benzene rings is 1. The Hall–Kier alpha value is -1.53. The van der Waals surface area contributed by atoms with Crippen molar-refractivity contribution in [1.82, 2.24) is 4.90 Å². The highest BCUT2D eigenvalue weighted by Gasteiger charge is 2.57. The zero-order valence-corrected chi connectivity index (χ0v) is 16.9. The van der Waals surface area contributed by atoms with Crippen molar-refractivity contribution in [2.75, 3.05) is 24.7 Å². The molecule has 0 unspecified atom stereocenters. The number of carbonyl (C=O) groups is 2. The van der Waals surface area contributed by atoms with Crippen LogP contribution in [0.4, 0.5) is 5.69 Å². The van der Waals surface area contributed by atoms with E-state index >= 15 is 0 Å². The molecular formula is C21H28N2O3S. The van der Waals surface area contributed by atoms with E-state index in [2.05, 4.69) is 12.2 Å². The molecule has 0 bridgehead atoms. The molecule has 2 fully saturated rings. The lowest BCUT2D eigenvalue weighted by molar-refractivity contribution is -0.170. The number of nitrogens with zero attached hydrogens (tertiary/aromatic N) is 1. The Morgan fingerprint density at radius 1 is 1.33 bits per heavy atom. The number of thioether (sulfide) groups is 1. The van der Waals surface area contributed by atoms with Gasteiger partial charge >= 0.3 is 0 Å². The lowest BCUT2D eigenvalue weighted by atomic mass is 9.54. The van der Waals surface area contributed by atoms with Crippen molar-refractivity contribution in [3.8, 4) is 0 Å². The Bertz CT molecular complexity index is 745. The van der Waals surface area contributed by atoms with Gasteiger partial charge in [-0.1, -0.05) is 19.3 Å². The number of rotatable bonds is 4. The van der Waals surface area contributed by atoms with Crippen molar-refractivity contribution in [2.24, 2.45) is 5.41 Å². The summed E-state index contributed by atoms with van der Waals surface area (Å²) in [5, 5.41) is 2.88. The summed E-state index contributed by atoms with van der Waals surface area (Å²) in [4.78, 5) is 27.8. The van der Waals surface area contributed by atoms with Gasteiger partial charge in [-0.15, -0.1) is 11.8 Å². The summed E-state index contributed by atoms with van der Waals surface area (Å²) < 4.78 is 6.03. The first kappa shape index (κ1) is 18.8. The molecule has 146 valence electrons. The fourth-order valence-corrected chi connectivity index (χ4v) is 5.92. The Morgan fingerprint density at radius 3 is 2.85 bits per heavy atom. The highest BCUT2D eigenvalue weighted by molar-refractivity contribution is 8.00. The maximum Gasteiger partial charge on any atom is 0.253 e. The largest absolute Gasteiger partial charge is 0.378 e. The van der Waals surface area contributed by atoms with Gasteiger partial charge in [0.1, 0.15) is 0 Å². The lowest BCUT2D eigenvalue weighted by Gasteiger charge is -2.60. The van der Waals surface area contributed by atoms with Gasteiger partial charge in [0.05, 0.1) is 17.5 Å². The maximum absolute atomic E-state index is 13.2. The van der Waals surface area contributed by atoms with Crippen LogP contribution in [0, 0.1) is 5.41 Å². The Morgan fingerprint density at radius 2 is 2.11 bits per heavy atom. The highest BCUT2D eigenvalue weighted by Crippen LogP contribution is 2.55. The monoisotopic (exact) mass is 388 g/mol. The molecule has 5 nitrogen and oxygen atoms in total. The van der Waals surface area contributed by atoms with E-state index in [4.69, 9.17) is 4.74 Å². The van der Waals surface area contributed by atoms with Gasteiger partial charge < -0.3 is 15.0 Å². The molecule has 0 saturated heterocycles. The van der Waals surface area contributed by atoms with Gasteiger partial charge in [-0.25, -0.2) is 0 Å². The topological polar surface area (TPSA) is 58.6 Å². The van der Waals surface area contributed by atoms with Crippen molar-refractivity contribution < 1.29 is 14.3 Å². The van der Waals surface area contributed by atoms with Crippen LogP contribution in [0.2, 0.25) is 0 Å². The molecule has 1 spiro atoms. The fraction of sp³-hybridized carbons (Fsp3) is 0.619. The average Bonchev–Trinajstić information content (AvgIpc) is 2.69. The number of anilines is 1. The van der Waals surface area contributed by atoms with Crippen molar-refractivity contribution in [1.29, 1.82) is 0 Å². The second-order valence-electron chi connectivity index (χ2n) is 7.95. The molecule has 3 aliphatic rings. The molecule has 1 N–H and O–H groups in total. The van der Waals surface area contributed by atoms with E-state index in [-0.39, 0.29) is 29.4 Å². The predicted molar refractivity (Wildman–Crippen MR) is 107 cm³/mol. The van der Waals surface area contributed by atoms with Crippen LogP contribution in [0.3, 0.4) is 0 Å². The van der Waals surface area contributed by atoms with E-state index < -0.39 is 0 Å². The molecule has 0 aromatic heterocycles. The van der Waals surface area contributed by atoms with Crippen LogP contribution in [-0.4, -0.2) is 48.3 Å². The van der Waals surface area contributed by atoms with E-state index in [0.29, 0.717) is 11.3 Å². The summed E-state index contributed by atoms with van der Waals surface area (Å²) in [5.74, 6) is 0.460. The first-order chi connectivity index (χ1) is 13.0. The van der Waals surface area contributed by atoms with Crippen molar-refractivity contribution in [3.63, 3.8) is 0 Å². The van der Waals surface area contributed by atoms with Crippen LogP contribution in [0.5, 0.6) is 0 Å². The maximum atomic E-state index is 13.2. The first-order valence-corrected chi connectivity index (χ1v) is 11.0. The van der Waals surface area contributed by atoms with Crippen LogP contribution in [0.25, 0.3) is 0 Å². The number of amides is 2. The van der Waals surface area contributed by atoms with Gasteiger partial charge in [0.15, 0.2) is 0 Å². The molecule has 1 heterocycles. The fourth-order valence-electron chi connectivity index (χ4n) is 5.13. The molecule has 0 radical (unpaired) electrons. The lowest BCUT2D eigenvalue weighted by Crippen LogP contribution is -2.65. The SMILES string of the molecule is CCO[C@@H]1C[C@H](N(C)C(=O)c2ccc3c(c2)NC(=O)CS3)C12CCCCC2. The smallest absolute Gasteiger partial charge is 0.253 e. The average molecular weight is 389 g/mol. The number of carbonyl (C=O) groups excluding carboxylic acids is 2. The summed E-state index contributed by atoms with van der Waals surface area (Å²) in [7, 11) is 1.93. The molecule has 1 aromatic rings. The number of hydrogen-bond acceptors (Lipinski definition) is 4. The van der Waals surface area contributed by atoms with Crippen LogP contribution in [0.1, 0.15) is 55.8 Å². The van der Waals surface area contributed by atoms with Gasteiger partial charge in [-0.2, -0.15) is 0 Å². The third-order valence-corrected chi connectivity index (χ3v) is 7.62. The van der Waals surface area contributed by atoms with Crippen molar-refractivity contribution >= 4 is 29.3 Å². The van der Waals surface area contributed by atoms with E-state index in [9.17, 15) is 9.59 Å². The molecule has 6 heteroatoms. The van der Waals surface area contributed by atoms with E-state index in [1.54, 1.807) is 0 Å². The molecule has 2 amide bonds. The van der Waals surface area contributed by atoms with E-state index in [1.807, 2.05) is 30.1 Å².